The fourth-order valence-electron chi connectivity index (χ4n) is 2.61. The minimum Gasteiger partial charge on any atom is -0.386 e. The fourth-order valence-corrected chi connectivity index (χ4v) is 2.74. The number of carbonyl (C=O) groups excluding carboxylic acids is 1. The summed E-state index contributed by atoms with van der Waals surface area (Å²) in [7, 11) is 0. The molecule has 0 fully saturated rings. The summed E-state index contributed by atoms with van der Waals surface area (Å²) in [4.78, 5) is 19.2. The highest BCUT2D eigenvalue weighted by Gasteiger charge is 2.22. The first-order valence-corrected chi connectivity index (χ1v) is 7.91. The summed E-state index contributed by atoms with van der Waals surface area (Å²) in [5.41, 5.74) is 3.05. The van der Waals surface area contributed by atoms with E-state index in [0.717, 1.165) is 30.6 Å². The molecule has 5 heteroatoms. The monoisotopic (exact) mass is 328 g/mol. The molecule has 3 rings (SSSR count). The van der Waals surface area contributed by atoms with Gasteiger partial charge in [-0.05, 0) is 42.2 Å². The Labute approximate surface area is 140 Å². The van der Waals surface area contributed by atoms with Crippen molar-refractivity contribution in [1.82, 2.24) is 0 Å². The van der Waals surface area contributed by atoms with Crippen molar-refractivity contribution in [3.05, 3.63) is 64.7 Å². The molecule has 0 atom stereocenters. The van der Waals surface area contributed by atoms with Crippen LogP contribution in [-0.2, 0) is 16.1 Å². The number of nitrogens with zero attached hydrogens (tertiary/aromatic N) is 2. The van der Waals surface area contributed by atoms with E-state index in [-0.39, 0.29) is 12.5 Å². The van der Waals surface area contributed by atoms with Gasteiger partial charge in [0.25, 0.3) is 5.91 Å². The van der Waals surface area contributed by atoms with Crippen molar-refractivity contribution in [1.29, 1.82) is 0 Å². The van der Waals surface area contributed by atoms with E-state index >= 15 is 0 Å². The van der Waals surface area contributed by atoms with Crippen LogP contribution in [0.1, 0.15) is 17.5 Å². The lowest BCUT2D eigenvalue weighted by molar-refractivity contribution is -0.123. The fraction of sp³-hybridized carbons (Fsp3) is 0.222. The first kappa shape index (κ1) is 15.6. The largest absolute Gasteiger partial charge is 0.386 e. The predicted octanol–water partition coefficient (Wildman–Crippen LogP) is 3.67. The van der Waals surface area contributed by atoms with Crippen LogP contribution >= 0.6 is 11.6 Å². The van der Waals surface area contributed by atoms with Gasteiger partial charge in [0.2, 0.25) is 0 Å². The van der Waals surface area contributed by atoms with Crippen LogP contribution in [-0.4, -0.2) is 25.3 Å². The smallest absolute Gasteiger partial charge is 0.267 e. The van der Waals surface area contributed by atoms with Crippen LogP contribution in [0.4, 0.5) is 5.69 Å². The number of amides is 1. The van der Waals surface area contributed by atoms with Crippen molar-refractivity contribution in [2.24, 2.45) is 5.16 Å². The standard InChI is InChI=1S/C18H17ClN2O2/c19-16-9-7-14(8-10-16)12-20-23-13-18(22)21-11-3-5-15-4-1-2-6-17(15)21/h1-2,4,6-10,12H,3,5,11,13H2/b20-12-. The Morgan fingerprint density at radius 2 is 2.00 bits per heavy atom. The van der Waals surface area contributed by atoms with E-state index in [1.807, 2.05) is 30.3 Å². The number of carbonyl (C=O) groups is 1. The molecule has 4 nitrogen and oxygen atoms in total. The van der Waals surface area contributed by atoms with E-state index in [9.17, 15) is 4.79 Å². The molecule has 0 saturated heterocycles. The first-order valence-electron chi connectivity index (χ1n) is 7.53. The van der Waals surface area contributed by atoms with Crippen molar-refractivity contribution < 1.29 is 9.63 Å². The molecule has 0 aliphatic carbocycles. The zero-order valence-corrected chi connectivity index (χ0v) is 13.4. The molecule has 0 aromatic heterocycles. The third kappa shape index (κ3) is 3.90. The second-order valence-electron chi connectivity index (χ2n) is 5.34. The molecule has 0 bridgehead atoms. The van der Waals surface area contributed by atoms with Crippen molar-refractivity contribution in [3.8, 4) is 0 Å². The van der Waals surface area contributed by atoms with Gasteiger partial charge in [-0.15, -0.1) is 0 Å². The average molecular weight is 329 g/mol. The molecule has 0 unspecified atom stereocenters. The summed E-state index contributed by atoms with van der Waals surface area (Å²) < 4.78 is 0. The van der Waals surface area contributed by atoms with Crippen LogP contribution in [0.3, 0.4) is 0 Å². The molecule has 2 aromatic carbocycles. The van der Waals surface area contributed by atoms with Crippen LogP contribution in [0.15, 0.2) is 53.7 Å². The van der Waals surface area contributed by atoms with Gasteiger partial charge in [0.1, 0.15) is 0 Å². The van der Waals surface area contributed by atoms with Gasteiger partial charge >= 0.3 is 0 Å². The molecule has 0 radical (unpaired) electrons. The lowest BCUT2D eigenvalue weighted by Crippen LogP contribution is -2.37. The summed E-state index contributed by atoms with van der Waals surface area (Å²) in [6.45, 7) is 0.651. The van der Waals surface area contributed by atoms with Crippen molar-refractivity contribution in [2.45, 2.75) is 12.8 Å². The number of oxime groups is 1. The number of hydrogen-bond acceptors (Lipinski definition) is 3. The van der Waals surface area contributed by atoms with Crippen molar-refractivity contribution >= 4 is 29.4 Å². The molecule has 23 heavy (non-hydrogen) atoms. The van der Waals surface area contributed by atoms with Gasteiger partial charge in [-0.1, -0.05) is 47.1 Å². The van der Waals surface area contributed by atoms with Crippen LogP contribution in [0.25, 0.3) is 0 Å². The second-order valence-corrected chi connectivity index (χ2v) is 5.77. The Hall–Kier alpha value is -2.33. The quantitative estimate of drug-likeness (QED) is 0.634. The van der Waals surface area contributed by atoms with E-state index in [4.69, 9.17) is 16.4 Å². The summed E-state index contributed by atoms with van der Waals surface area (Å²) in [5.74, 6) is -0.0783. The van der Waals surface area contributed by atoms with E-state index in [1.54, 1.807) is 23.2 Å². The summed E-state index contributed by atoms with van der Waals surface area (Å²) in [6.07, 6.45) is 3.54. The number of para-hydroxylation sites is 1. The molecule has 0 N–H and O–H groups in total. The van der Waals surface area contributed by atoms with Gasteiger partial charge in [-0.3, -0.25) is 4.79 Å². The van der Waals surface area contributed by atoms with Gasteiger partial charge in [0.15, 0.2) is 6.61 Å². The maximum absolute atomic E-state index is 12.3. The average Bonchev–Trinajstić information content (AvgIpc) is 2.59. The number of rotatable bonds is 4. The highest BCUT2D eigenvalue weighted by atomic mass is 35.5. The van der Waals surface area contributed by atoms with Crippen LogP contribution in [0.5, 0.6) is 0 Å². The Morgan fingerprint density at radius 1 is 1.22 bits per heavy atom. The number of anilines is 1. The van der Waals surface area contributed by atoms with Gasteiger partial charge in [0, 0.05) is 17.3 Å². The molecule has 0 spiro atoms. The van der Waals surface area contributed by atoms with E-state index < -0.39 is 0 Å². The van der Waals surface area contributed by atoms with Gasteiger partial charge in [-0.2, -0.15) is 0 Å². The van der Waals surface area contributed by atoms with Crippen LogP contribution in [0, 0.1) is 0 Å². The van der Waals surface area contributed by atoms with Gasteiger partial charge < -0.3 is 9.74 Å². The maximum atomic E-state index is 12.3. The highest BCUT2D eigenvalue weighted by Crippen LogP contribution is 2.26. The number of fused-ring (bicyclic) bond motifs is 1. The predicted molar refractivity (Wildman–Crippen MR) is 92.1 cm³/mol. The normalized spacial score (nSPS) is 13.9. The second kappa shape index (κ2) is 7.29. The van der Waals surface area contributed by atoms with Gasteiger partial charge in [0.05, 0.1) is 6.21 Å². The third-order valence-corrected chi connectivity index (χ3v) is 4.00. The number of aryl methyl sites for hydroxylation is 1. The SMILES string of the molecule is O=C(CO/N=C\c1ccc(Cl)cc1)N1CCCc2ccccc21. The van der Waals surface area contributed by atoms with E-state index in [0.29, 0.717) is 5.02 Å². The molecule has 2 aromatic rings. The molecule has 0 saturated carbocycles. The summed E-state index contributed by atoms with van der Waals surface area (Å²) in [6, 6.07) is 15.2. The molecule has 1 aliphatic rings. The Balaban J connectivity index is 1.57. The molecular weight excluding hydrogens is 312 g/mol. The van der Waals surface area contributed by atoms with Crippen molar-refractivity contribution in [3.63, 3.8) is 0 Å². The Bertz CT molecular complexity index is 713. The minimum atomic E-state index is -0.0783. The number of hydrogen-bond donors (Lipinski definition) is 0. The molecule has 1 amide bonds. The summed E-state index contributed by atoms with van der Waals surface area (Å²) >= 11 is 5.82. The van der Waals surface area contributed by atoms with E-state index in [1.165, 1.54) is 5.56 Å². The Kier molecular flexibility index (Phi) is 4.93. The topological polar surface area (TPSA) is 41.9 Å². The van der Waals surface area contributed by atoms with Gasteiger partial charge in [-0.25, -0.2) is 0 Å². The number of benzene rings is 2. The Morgan fingerprint density at radius 3 is 2.83 bits per heavy atom. The molecule has 1 heterocycles. The highest BCUT2D eigenvalue weighted by molar-refractivity contribution is 6.30. The zero-order chi connectivity index (χ0) is 16.1. The lowest BCUT2D eigenvalue weighted by Gasteiger charge is -2.28. The van der Waals surface area contributed by atoms with E-state index in [2.05, 4.69) is 11.2 Å². The minimum absolute atomic E-state index is 0.0710. The van der Waals surface area contributed by atoms with Crippen molar-refractivity contribution in [2.75, 3.05) is 18.1 Å². The van der Waals surface area contributed by atoms with Crippen LogP contribution in [0.2, 0.25) is 5.02 Å². The molecular formula is C18H17ClN2O2. The molecule has 1 aliphatic heterocycles. The lowest BCUT2D eigenvalue weighted by atomic mass is 10.0. The van der Waals surface area contributed by atoms with Crippen LogP contribution < -0.4 is 4.90 Å². The first-order chi connectivity index (χ1) is 11.2. The molecule has 118 valence electrons. The third-order valence-electron chi connectivity index (χ3n) is 3.75. The number of halogens is 1. The zero-order valence-electron chi connectivity index (χ0n) is 12.6. The maximum Gasteiger partial charge on any atom is 0.267 e. The summed E-state index contributed by atoms with van der Waals surface area (Å²) in [5, 5.41) is 4.52.